The summed E-state index contributed by atoms with van der Waals surface area (Å²) in [6, 6.07) is 5.12. The molecular weight excluding hydrogens is 346 g/mol. The number of halogens is 1. The molecule has 0 aromatic heterocycles. The number of amidine groups is 1. The zero-order valence-electron chi connectivity index (χ0n) is 10.3. The minimum absolute atomic E-state index is 0.0623. The van der Waals surface area contributed by atoms with Gasteiger partial charge >= 0.3 is 0 Å². The molecule has 2 aliphatic rings. The van der Waals surface area contributed by atoms with Crippen molar-refractivity contribution in [2.75, 3.05) is 11.9 Å². The molecule has 0 saturated heterocycles. The molecule has 0 spiro atoms. The Bertz CT molecular complexity index is 678. The Balaban J connectivity index is 2.17. The molecule has 2 aliphatic heterocycles. The summed E-state index contributed by atoms with van der Waals surface area (Å²) in [5, 5.41) is 9.93. The van der Waals surface area contributed by atoms with Gasteiger partial charge in [0.1, 0.15) is 5.25 Å². The molecule has 104 valence electrons. The van der Waals surface area contributed by atoms with Crippen molar-refractivity contribution < 1.29 is 14.7 Å². The van der Waals surface area contributed by atoms with Gasteiger partial charge < -0.3 is 15.7 Å². The van der Waals surface area contributed by atoms with E-state index in [4.69, 9.17) is 5.73 Å². The van der Waals surface area contributed by atoms with E-state index in [1.165, 1.54) is 4.90 Å². The topological polar surface area (TPSA) is 96.0 Å². The molecule has 0 saturated carbocycles. The number of carbonyl (C=O) groups is 2. The van der Waals surface area contributed by atoms with E-state index in [-0.39, 0.29) is 5.17 Å². The van der Waals surface area contributed by atoms with Crippen LogP contribution in [-0.2, 0) is 15.2 Å². The second kappa shape index (κ2) is 4.31. The zero-order chi connectivity index (χ0) is 14.7. The largest absolute Gasteiger partial charge is 0.378 e. The highest BCUT2D eigenvalue weighted by Gasteiger charge is 2.58. The van der Waals surface area contributed by atoms with Crippen LogP contribution < -0.4 is 10.6 Å². The smallest absolute Gasteiger partial charge is 0.265 e. The first kappa shape index (κ1) is 13.6. The molecule has 2 atom stereocenters. The minimum atomic E-state index is -1.94. The van der Waals surface area contributed by atoms with E-state index in [2.05, 4.69) is 20.9 Å². The van der Waals surface area contributed by atoms with Crippen molar-refractivity contribution in [1.29, 1.82) is 0 Å². The lowest BCUT2D eigenvalue weighted by atomic mass is 9.91. The number of carbonyl (C=O) groups excluding carboxylic acids is 2. The van der Waals surface area contributed by atoms with Gasteiger partial charge in [-0.15, -0.1) is 0 Å². The molecule has 0 fully saturated rings. The first-order chi connectivity index (χ1) is 9.35. The molecule has 3 rings (SSSR count). The van der Waals surface area contributed by atoms with Crippen molar-refractivity contribution in [3.8, 4) is 0 Å². The van der Waals surface area contributed by atoms with Gasteiger partial charge in [0.2, 0.25) is 0 Å². The number of amides is 2. The third-order valence-corrected chi connectivity index (χ3v) is 5.03. The Labute approximate surface area is 127 Å². The molecule has 0 aliphatic carbocycles. The molecule has 0 radical (unpaired) electrons. The molecule has 6 nitrogen and oxygen atoms in total. The maximum atomic E-state index is 12.4. The first-order valence-corrected chi connectivity index (χ1v) is 7.38. The van der Waals surface area contributed by atoms with E-state index in [0.717, 1.165) is 11.8 Å². The Morgan fingerprint density at radius 3 is 2.80 bits per heavy atom. The number of rotatable bonds is 1. The summed E-state index contributed by atoms with van der Waals surface area (Å²) in [5.41, 5.74) is 4.53. The summed E-state index contributed by atoms with van der Waals surface area (Å²) in [6.07, 6.45) is 0. The lowest BCUT2D eigenvalue weighted by molar-refractivity contribution is -0.140. The molecule has 20 heavy (non-hydrogen) atoms. The quantitative estimate of drug-likeness (QED) is 0.767. The average Bonchev–Trinajstić information content (AvgIpc) is 2.82. The summed E-state index contributed by atoms with van der Waals surface area (Å²) >= 11 is 4.22. The Hall–Kier alpha value is -1.38. The van der Waals surface area contributed by atoms with Gasteiger partial charge in [-0.05, 0) is 18.2 Å². The van der Waals surface area contributed by atoms with Gasteiger partial charge in [0.05, 0.1) is 5.69 Å². The number of nitrogens with zero attached hydrogens (tertiary/aromatic N) is 2. The van der Waals surface area contributed by atoms with E-state index >= 15 is 0 Å². The van der Waals surface area contributed by atoms with Crippen molar-refractivity contribution >= 4 is 50.4 Å². The number of nitrogens with two attached hydrogens (primary N) is 1. The second-order valence-electron chi connectivity index (χ2n) is 4.58. The minimum Gasteiger partial charge on any atom is -0.378 e. The SMILES string of the molecule is CN1C(=O)C(O)(C2SC(N)=NC2=O)c2cc(Br)ccc21. The van der Waals surface area contributed by atoms with Crippen LogP contribution in [0.25, 0.3) is 0 Å². The van der Waals surface area contributed by atoms with Crippen LogP contribution in [0.5, 0.6) is 0 Å². The maximum absolute atomic E-state index is 12.4. The highest BCUT2D eigenvalue weighted by atomic mass is 79.9. The summed E-state index contributed by atoms with van der Waals surface area (Å²) in [4.78, 5) is 29.3. The van der Waals surface area contributed by atoms with E-state index in [1.807, 2.05) is 0 Å². The fourth-order valence-corrected chi connectivity index (χ4v) is 3.77. The number of thioether (sulfide) groups is 1. The van der Waals surface area contributed by atoms with Gasteiger partial charge in [-0.2, -0.15) is 4.99 Å². The highest BCUT2D eigenvalue weighted by molar-refractivity contribution is 9.10. The number of anilines is 1. The summed E-state index contributed by atoms with van der Waals surface area (Å²) in [7, 11) is 1.56. The van der Waals surface area contributed by atoms with Gasteiger partial charge in [-0.3, -0.25) is 9.59 Å². The number of aliphatic hydroxyl groups is 1. The molecule has 8 heteroatoms. The van der Waals surface area contributed by atoms with Crippen LogP contribution in [0.4, 0.5) is 5.69 Å². The van der Waals surface area contributed by atoms with E-state index < -0.39 is 22.7 Å². The summed E-state index contributed by atoms with van der Waals surface area (Å²) < 4.78 is 0.710. The summed E-state index contributed by atoms with van der Waals surface area (Å²) in [6.45, 7) is 0. The zero-order valence-corrected chi connectivity index (χ0v) is 12.7. The van der Waals surface area contributed by atoms with Gasteiger partial charge in [0, 0.05) is 17.1 Å². The first-order valence-electron chi connectivity index (χ1n) is 5.71. The number of aliphatic imine (C=N–C) groups is 1. The van der Waals surface area contributed by atoms with Gasteiger partial charge in [0.15, 0.2) is 10.8 Å². The van der Waals surface area contributed by atoms with E-state index in [9.17, 15) is 14.7 Å². The fraction of sp³-hybridized carbons (Fsp3) is 0.250. The van der Waals surface area contributed by atoms with Crippen molar-refractivity contribution in [3.05, 3.63) is 28.2 Å². The lowest BCUT2D eigenvalue weighted by Gasteiger charge is -2.25. The van der Waals surface area contributed by atoms with Gasteiger partial charge in [0.25, 0.3) is 11.8 Å². The van der Waals surface area contributed by atoms with Gasteiger partial charge in [-0.1, -0.05) is 27.7 Å². The molecule has 2 heterocycles. The van der Waals surface area contributed by atoms with E-state index in [1.54, 1.807) is 25.2 Å². The molecule has 1 aromatic rings. The van der Waals surface area contributed by atoms with Crippen LogP contribution in [-0.4, -0.2) is 34.4 Å². The highest BCUT2D eigenvalue weighted by Crippen LogP contribution is 2.47. The summed E-state index contributed by atoms with van der Waals surface area (Å²) in [5.74, 6) is -1.15. The molecule has 1 aromatic carbocycles. The van der Waals surface area contributed by atoms with Crippen LogP contribution in [0, 0.1) is 0 Å². The Morgan fingerprint density at radius 1 is 1.50 bits per heavy atom. The lowest BCUT2D eigenvalue weighted by Crippen LogP contribution is -2.48. The van der Waals surface area contributed by atoms with Crippen molar-refractivity contribution in [1.82, 2.24) is 0 Å². The number of hydrogen-bond donors (Lipinski definition) is 2. The number of likely N-dealkylation sites (N-methyl/N-ethyl adjacent to an activating group) is 1. The molecule has 0 bridgehead atoms. The third kappa shape index (κ3) is 1.65. The van der Waals surface area contributed by atoms with Crippen LogP contribution in [0.1, 0.15) is 5.56 Å². The van der Waals surface area contributed by atoms with Crippen molar-refractivity contribution in [2.45, 2.75) is 10.9 Å². The van der Waals surface area contributed by atoms with Crippen LogP contribution in [0.15, 0.2) is 27.7 Å². The number of hydrogen-bond acceptors (Lipinski definition) is 5. The number of benzene rings is 1. The normalized spacial score (nSPS) is 28.9. The second-order valence-corrected chi connectivity index (χ2v) is 6.62. The average molecular weight is 356 g/mol. The third-order valence-electron chi connectivity index (χ3n) is 3.42. The van der Waals surface area contributed by atoms with Crippen molar-refractivity contribution in [2.24, 2.45) is 10.7 Å². The predicted molar refractivity (Wildman–Crippen MR) is 79.5 cm³/mol. The molecule has 2 amide bonds. The van der Waals surface area contributed by atoms with Crippen LogP contribution >= 0.6 is 27.7 Å². The molecule has 3 N–H and O–H groups in total. The Kier molecular flexibility index (Phi) is 2.93. The van der Waals surface area contributed by atoms with Crippen molar-refractivity contribution in [3.63, 3.8) is 0 Å². The van der Waals surface area contributed by atoms with Crippen LogP contribution in [0.2, 0.25) is 0 Å². The van der Waals surface area contributed by atoms with E-state index in [0.29, 0.717) is 15.7 Å². The number of fused-ring (bicyclic) bond motifs is 1. The standard InChI is InChI=1S/C12H10BrN3O3S/c1-16-7-3-2-5(13)4-6(7)12(19,10(16)18)8-9(17)15-11(14)20-8/h2-4,8,19H,1H3,(H2,14,15,17). The Morgan fingerprint density at radius 2 is 2.20 bits per heavy atom. The monoisotopic (exact) mass is 355 g/mol. The van der Waals surface area contributed by atoms with Gasteiger partial charge in [-0.25, -0.2) is 0 Å². The fourth-order valence-electron chi connectivity index (χ4n) is 2.47. The maximum Gasteiger partial charge on any atom is 0.265 e. The molecule has 2 unspecified atom stereocenters. The predicted octanol–water partition coefficient (Wildman–Crippen LogP) is 0.570. The van der Waals surface area contributed by atoms with Crippen LogP contribution in [0.3, 0.4) is 0 Å². The molecular formula is C12H10BrN3O3S.